The lowest BCUT2D eigenvalue weighted by Crippen LogP contribution is -2.55. The molecule has 0 aromatic heterocycles. The van der Waals surface area contributed by atoms with Gasteiger partial charge in [0.15, 0.2) is 0 Å². The summed E-state index contributed by atoms with van der Waals surface area (Å²) in [6.45, 7) is 18.6. The first-order chi connectivity index (χ1) is 22.2. The monoisotopic (exact) mass is 662 g/mol. The number of halogens is 2. The molecule has 4 nitrogen and oxygen atoms in total. The number of amidine groups is 1. The van der Waals surface area contributed by atoms with Crippen molar-refractivity contribution in [3.63, 3.8) is 0 Å². The molecule has 3 heterocycles. The first-order valence-corrected chi connectivity index (χ1v) is 19.0. The molecule has 0 amide bonds. The number of piperazine rings is 1. The quantitative estimate of drug-likeness (QED) is 0.211. The van der Waals surface area contributed by atoms with Crippen molar-refractivity contribution in [2.24, 2.45) is 10.9 Å². The first-order valence-electron chi connectivity index (χ1n) is 17.7. The van der Waals surface area contributed by atoms with Gasteiger partial charge in [-0.25, -0.2) is 4.39 Å². The molecule has 0 N–H and O–H groups in total. The van der Waals surface area contributed by atoms with Crippen LogP contribution in [-0.2, 0) is 12.8 Å². The van der Waals surface area contributed by atoms with E-state index in [1.165, 1.54) is 64.9 Å². The van der Waals surface area contributed by atoms with E-state index in [9.17, 15) is 4.39 Å². The van der Waals surface area contributed by atoms with Crippen LogP contribution >= 0.6 is 23.4 Å². The second-order valence-corrected chi connectivity index (χ2v) is 15.7. The van der Waals surface area contributed by atoms with Gasteiger partial charge in [0.2, 0.25) is 0 Å². The maximum atomic E-state index is 14.9. The van der Waals surface area contributed by atoms with Gasteiger partial charge in [0.25, 0.3) is 0 Å². The highest BCUT2D eigenvalue weighted by atomic mass is 35.5. The van der Waals surface area contributed by atoms with E-state index in [4.69, 9.17) is 16.6 Å². The molecule has 248 valence electrons. The number of hydrogen-bond acceptors (Lipinski definition) is 5. The second-order valence-electron chi connectivity index (χ2n) is 14.1. The van der Waals surface area contributed by atoms with Gasteiger partial charge in [0, 0.05) is 47.8 Å². The van der Waals surface area contributed by atoms with Gasteiger partial charge in [-0.05, 0) is 97.4 Å². The number of aryl methyl sites for hydroxylation is 1. The zero-order valence-electron chi connectivity index (χ0n) is 28.3. The number of allylic oxidation sites excluding steroid dienone is 1. The summed E-state index contributed by atoms with van der Waals surface area (Å²) < 4.78 is 14.9. The average Bonchev–Trinajstić information content (AvgIpc) is 3.60. The molecule has 0 spiro atoms. The van der Waals surface area contributed by atoms with Crippen LogP contribution < -0.4 is 4.90 Å². The van der Waals surface area contributed by atoms with Crippen LogP contribution in [0.4, 0.5) is 10.1 Å². The Morgan fingerprint density at radius 3 is 2.78 bits per heavy atom. The van der Waals surface area contributed by atoms with Gasteiger partial charge in [-0.1, -0.05) is 88.2 Å². The summed E-state index contributed by atoms with van der Waals surface area (Å²) in [7, 11) is 0. The van der Waals surface area contributed by atoms with Crippen LogP contribution in [-0.4, -0.2) is 65.8 Å². The molecule has 2 aromatic rings. The average molecular weight is 663 g/mol. The molecule has 0 radical (unpaired) electrons. The van der Waals surface area contributed by atoms with Gasteiger partial charge < -0.3 is 9.80 Å². The summed E-state index contributed by atoms with van der Waals surface area (Å²) in [5.74, 6) is 1.93. The molecular weight excluding hydrogens is 611 g/mol. The van der Waals surface area contributed by atoms with Crippen molar-refractivity contribution in [1.29, 1.82) is 0 Å². The van der Waals surface area contributed by atoms with Gasteiger partial charge in [-0.3, -0.25) is 9.89 Å². The molecular formula is C39H52ClFN4S. The van der Waals surface area contributed by atoms with Crippen molar-refractivity contribution in [1.82, 2.24) is 9.80 Å². The van der Waals surface area contributed by atoms with Crippen molar-refractivity contribution in [3.8, 4) is 0 Å². The molecule has 0 bridgehead atoms. The van der Waals surface area contributed by atoms with Crippen LogP contribution in [0.5, 0.6) is 0 Å². The molecule has 2 aromatic carbocycles. The Kier molecular flexibility index (Phi) is 10.9. The summed E-state index contributed by atoms with van der Waals surface area (Å²) in [6.07, 6.45) is 11.5. The largest absolute Gasteiger partial charge is 0.368 e. The molecule has 0 saturated carbocycles. The van der Waals surface area contributed by atoms with E-state index in [0.717, 1.165) is 64.0 Å². The normalized spacial score (nSPS) is 25.3. The summed E-state index contributed by atoms with van der Waals surface area (Å²) in [4.78, 5) is 14.6. The highest BCUT2D eigenvalue weighted by molar-refractivity contribution is 8.04. The fraction of sp³-hybridized carbons (Fsp3) is 0.564. The van der Waals surface area contributed by atoms with Crippen molar-refractivity contribution < 1.29 is 4.39 Å². The number of hydrogen-bond donors (Lipinski definition) is 0. The first kappa shape index (κ1) is 33.6. The number of anilines is 1. The molecule has 5 atom stereocenters. The van der Waals surface area contributed by atoms with E-state index >= 15 is 0 Å². The van der Waals surface area contributed by atoms with E-state index in [0.29, 0.717) is 23.0 Å². The maximum Gasteiger partial charge on any atom is 0.128 e. The predicted octanol–water partition coefficient (Wildman–Crippen LogP) is 9.48. The minimum absolute atomic E-state index is 0.176. The topological polar surface area (TPSA) is 22.1 Å². The van der Waals surface area contributed by atoms with E-state index in [1.807, 2.05) is 23.9 Å². The van der Waals surface area contributed by atoms with Crippen molar-refractivity contribution in [2.45, 2.75) is 102 Å². The lowest BCUT2D eigenvalue weighted by atomic mass is 9.79. The molecule has 3 aliphatic heterocycles. The highest BCUT2D eigenvalue weighted by Gasteiger charge is 2.41. The Balaban J connectivity index is 1.14. The Morgan fingerprint density at radius 1 is 1.17 bits per heavy atom. The number of benzene rings is 2. The van der Waals surface area contributed by atoms with E-state index in [1.54, 1.807) is 0 Å². The van der Waals surface area contributed by atoms with Gasteiger partial charge in [0.1, 0.15) is 17.0 Å². The van der Waals surface area contributed by atoms with Gasteiger partial charge in [0.05, 0.1) is 12.6 Å². The Hall–Kier alpha value is -2.28. The molecule has 6 rings (SSSR count). The minimum atomic E-state index is -0.176. The predicted molar refractivity (Wildman–Crippen MR) is 196 cm³/mol. The van der Waals surface area contributed by atoms with E-state index in [2.05, 4.69) is 73.2 Å². The van der Waals surface area contributed by atoms with Crippen LogP contribution in [0, 0.1) is 11.7 Å². The Bertz CT molecular complexity index is 1470. The highest BCUT2D eigenvalue weighted by Crippen LogP contribution is 2.44. The third kappa shape index (κ3) is 7.24. The number of aliphatic imine (C=N–C) groups is 1. The van der Waals surface area contributed by atoms with Crippen molar-refractivity contribution in [3.05, 3.63) is 87.1 Å². The van der Waals surface area contributed by atoms with Crippen LogP contribution in [0.2, 0.25) is 5.02 Å². The fourth-order valence-corrected chi connectivity index (χ4v) is 9.40. The summed E-state index contributed by atoms with van der Waals surface area (Å²) in [5, 5.41) is 0.714. The second kappa shape index (κ2) is 14.9. The van der Waals surface area contributed by atoms with E-state index < -0.39 is 0 Å². The molecule has 4 aliphatic rings. The maximum absolute atomic E-state index is 14.9. The standard InChI is InChI=1S/C39H52ClFN4S/c1-6-8-9-11-26(3)23-45-36-22-37(27(4)7-2)46-39(36)42-38(45)25-43-18-19-44(24-28(43)5)35-13-10-12-29-14-15-30(20-33(29)35)32-17-16-31(40)21-34(32)41/h10,12-13,16-17,21-22,26,28,30,36,39H,4,6-9,11,14-15,18-20,23-25H2,1-3,5H3. The third-order valence-corrected chi connectivity index (χ3v) is 12.3. The zero-order valence-corrected chi connectivity index (χ0v) is 29.9. The summed E-state index contributed by atoms with van der Waals surface area (Å²) in [6, 6.07) is 12.7. The number of nitrogens with zero attached hydrogens (tertiary/aromatic N) is 4. The van der Waals surface area contributed by atoms with Crippen LogP contribution in [0.25, 0.3) is 0 Å². The number of fused-ring (bicyclic) bond motifs is 2. The molecule has 1 fully saturated rings. The van der Waals surface area contributed by atoms with E-state index in [-0.39, 0.29) is 17.1 Å². The fourth-order valence-electron chi connectivity index (χ4n) is 7.91. The minimum Gasteiger partial charge on any atom is -0.368 e. The zero-order chi connectivity index (χ0) is 32.4. The number of rotatable bonds is 12. The molecule has 1 aliphatic carbocycles. The summed E-state index contributed by atoms with van der Waals surface area (Å²) >= 11 is 7.99. The van der Waals surface area contributed by atoms with Crippen molar-refractivity contribution in [2.75, 3.05) is 37.6 Å². The van der Waals surface area contributed by atoms with Crippen LogP contribution in [0.3, 0.4) is 0 Å². The lowest BCUT2D eigenvalue weighted by molar-refractivity contribution is 0.206. The van der Waals surface area contributed by atoms with Gasteiger partial charge >= 0.3 is 0 Å². The Morgan fingerprint density at radius 2 is 2.02 bits per heavy atom. The molecule has 7 heteroatoms. The third-order valence-electron chi connectivity index (χ3n) is 10.7. The smallest absolute Gasteiger partial charge is 0.128 e. The van der Waals surface area contributed by atoms with Crippen LogP contribution in [0.1, 0.15) is 88.8 Å². The van der Waals surface area contributed by atoms with Gasteiger partial charge in [-0.2, -0.15) is 0 Å². The number of thioether (sulfide) groups is 1. The SMILES string of the molecule is C=C(CC)C1=CC2C(N=C(CN3CCN(c4cccc5c4CC(c4ccc(Cl)cc4F)CC5)CC3C)N2CC(C)CCCCC)S1. The molecule has 5 unspecified atom stereocenters. The van der Waals surface area contributed by atoms with Crippen LogP contribution in [0.15, 0.2) is 64.5 Å². The Labute approximate surface area is 286 Å². The molecule has 46 heavy (non-hydrogen) atoms. The van der Waals surface area contributed by atoms with Gasteiger partial charge in [-0.15, -0.1) is 0 Å². The summed E-state index contributed by atoms with van der Waals surface area (Å²) in [5.41, 5.74) is 6.20. The number of unbranched alkanes of at least 4 members (excludes halogenated alkanes) is 2. The molecule has 1 saturated heterocycles. The lowest BCUT2D eigenvalue weighted by Gasteiger charge is -2.43. The van der Waals surface area contributed by atoms with Crippen molar-refractivity contribution >= 4 is 34.9 Å².